The highest BCUT2D eigenvalue weighted by Crippen LogP contribution is 2.29. The lowest BCUT2D eigenvalue weighted by atomic mass is 9.78. The van der Waals surface area contributed by atoms with Gasteiger partial charge in [-0.05, 0) is 29.5 Å². The Morgan fingerprint density at radius 3 is 2.65 bits per heavy atom. The Balaban J connectivity index is 2.11. The van der Waals surface area contributed by atoms with Crippen molar-refractivity contribution in [2.45, 2.75) is 44.9 Å². The van der Waals surface area contributed by atoms with Crippen molar-refractivity contribution >= 4 is 5.91 Å². The van der Waals surface area contributed by atoms with Crippen molar-refractivity contribution in [1.82, 2.24) is 4.90 Å². The summed E-state index contributed by atoms with van der Waals surface area (Å²) in [4.78, 5) is 13.8. The molecule has 0 aromatic heterocycles. The summed E-state index contributed by atoms with van der Waals surface area (Å²) in [5.74, 6) is -0.737. The molecule has 0 saturated carbocycles. The average Bonchev–Trinajstić information content (AvgIpc) is 2.89. The van der Waals surface area contributed by atoms with Gasteiger partial charge in [-0.25, -0.2) is 8.78 Å². The van der Waals surface area contributed by atoms with E-state index in [0.717, 1.165) is 5.56 Å². The third-order valence-corrected chi connectivity index (χ3v) is 4.36. The molecule has 2 rings (SSSR count). The van der Waals surface area contributed by atoms with Gasteiger partial charge in [0.1, 0.15) is 18.0 Å². The van der Waals surface area contributed by atoms with Crippen molar-refractivity contribution in [3.63, 3.8) is 0 Å². The number of nitrogens with zero attached hydrogens (tertiary/aromatic N) is 2. The van der Waals surface area contributed by atoms with Gasteiger partial charge in [-0.3, -0.25) is 4.79 Å². The standard InChI is InChI=1S/C17H21F2N3O/c1-17(2,8-11-3-5-12(18)6-4-11)15(21)16(23)22-10-13(19)7-14(22)9-20/h3-6,13-15H,7-8,10,21H2,1-2H3/t13-,14+,15-/m1/s1. The van der Waals surface area contributed by atoms with Crippen molar-refractivity contribution in [2.75, 3.05) is 6.54 Å². The van der Waals surface area contributed by atoms with Crippen LogP contribution in [0.25, 0.3) is 0 Å². The van der Waals surface area contributed by atoms with E-state index in [9.17, 15) is 13.6 Å². The van der Waals surface area contributed by atoms with Crippen LogP contribution in [0, 0.1) is 22.6 Å². The van der Waals surface area contributed by atoms with Crippen molar-refractivity contribution in [3.05, 3.63) is 35.6 Å². The second kappa shape index (κ2) is 6.63. The summed E-state index contributed by atoms with van der Waals surface area (Å²) in [6.45, 7) is 3.59. The first kappa shape index (κ1) is 17.4. The molecule has 1 heterocycles. The second-order valence-corrected chi connectivity index (χ2v) is 6.74. The minimum atomic E-state index is -1.18. The number of nitrogens with two attached hydrogens (primary N) is 1. The fraction of sp³-hybridized carbons (Fsp3) is 0.529. The SMILES string of the molecule is CC(C)(Cc1ccc(F)cc1)[C@H](N)C(=O)N1C[C@H](F)C[C@H]1C#N. The molecule has 3 atom stereocenters. The van der Waals surface area contributed by atoms with Crippen molar-refractivity contribution in [1.29, 1.82) is 5.26 Å². The van der Waals surface area contributed by atoms with Gasteiger partial charge >= 0.3 is 0 Å². The van der Waals surface area contributed by atoms with Crippen LogP contribution in [-0.2, 0) is 11.2 Å². The van der Waals surface area contributed by atoms with Gasteiger partial charge in [-0.2, -0.15) is 5.26 Å². The Morgan fingerprint density at radius 2 is 2.09 bits per heavy atom. The Morgan fingerprint density at radius 1 is 1.48 bits per heavy atom. The third kappa shape index (κ3) is 3.85. The lowest BCUT2D eigenvalue weighted by Gasteiger charge is -2.34. The number of alkyl halides is 1. The number of hydrogen-bond donors (Lipinski definition) is 1. The number of likely N-dealkylation sites (tertiary alicyclic amines) is 1. The third-order valence-electron chi connectivity index (χ3n) is 4.36. The van der Waals surface area contributed by atoms with Crippen LogP contribution < -0.4 is 5.73 Å². The first-order valence-electron chi connectivity index (χ1n) is 7.59. The van der Waals surface area contributed by atoms with E-state index >= 15 is 0 Å². The molecule has 0 radical (unpaired) electrons. The molecule has 1 fully saturated rings. The Kier molecular flexibility index (Phi) is 5.00. The van der Waals surface area contributed by atoms with Crippen LogP contribution in [0.4, 0.5) is 8.78 Å². The van der Waals surface area contributed by atoms with E-state index in [1.54, 1.807) is 12.1 Å². The minimum absolute atomic E-state index is 0.0351. The van der Waals surface area contributed by atoms with Crippen molar-refractivity contribution in [3.8, 4) is 6.07 Å². The molecule has 1 aromatic rings. The maximum Gasteiger partial charge on any atom is 0.241 e. The molecule has 0 bridgehead atoms. The molecule has 0 aliphatic carbocycles. The molecule has 0 unspecified atom stereocenters. The Labute approximate surface area is 134 Å². The van der Waals surface area contributed by atoms with E-state index in [0.29, 0.717) is 6.42 Å². The van der Waals surface area contributed by atoms with Crippen LogP contribution in [0.2, 0.25) is 0 Å². The summed E-state index contributed by atoms with van der Waals surface area (Å²) < 4.78 is 26.5. The lowest BCUT2D eigenvalue weighted by Crippen LogP contribution is -2.53. The van der Waals surface area contributed by atoms with Crippen LogP contribution in [0.3, 0.4) is 0 Å². The summed E-state index contributed by atoms with van der Waals surface area (Å²) in [6, 6.07) is 6.35. The number of amides is 1. The molecule has 6 heteroatoms. The van der Waals surface area contributed by atoms with Crippen LogP contribution in [0.1, 0.15) is 25.8 Å². The molecule has 0 spiro atoms. The Hall–Kier alpha value is -2.00. The highest BCUT2D eigenvalue weighted by molar-refractivity contribution is 5.83. The topological polar surface area (TPSA) is 70.1 Å². The van der Waals surface area contributed by atoms with Gasteiger partial charge in [0.05, 0.1) is 18.7 Å². The number of carbonyl (C=O) groups excluding carboxylic acids is 1. The molecule has 1 aliphatic heterocycles. The van der Waals surface area contributed by atoms with E-state index in [1.807, 2.05) is 19.9 Å². The van der Waals surface area contributed by atoms with E-state index < -0.39 is 29.6 Å². The maximum absolute atomic E-state index is 13.5. The van der Waals surface area contributed by atoms with Gasteiger partial charge in [0, 0.05) is 6.42 Å². The maximum atomic E-state index is 13.5. The fourth-order valence-electron chi connectivity index (χ4n) is 2.90. The molecule has 124 valence electrons. The van der Waals surface area contributed by atoms with E-state index in [-0.39, 0.29) is 18.8 Å². The molecule has 2 N–H and O–H groups in total. The number of nitriles is 1. The van der Waals surface area contributed by atoms with Crippen LogP contribution in [-0.4, -0.2) is 35.6 Å². The number of carbonyl (C=O) groups is 1. The van der Waals surface area contributed by atoms with Gasteiger partial charge < -0.3 is 10.6 Å². The number of hydrogen-bond acceptors (Lipinski definition) is 3. The minimum Gasteiger partial charge on any atom is -0.322 e. The number of benzene rings is 1. The van der Waals surface area contributed by atoms with Gasteiger partial charge in [0.15, 0.2) is 0 Å². The van der Waals surface area contributed by atoms with Crippen LogP contribution in [0.15, 0.2) is 24.3 Å². The molecule has 1 aliphatic rings. The second-order valence-electron chi connectivity index (χ2n) is 6.74. The van der Waals surface area contributed by atoms with E-state index in [2.05, 4.69) is 0 Å². The highest BCUT2D eigenvalue weighted by atomic mass is 19.1. The predicted molar refractivity (Wildman–Crippen MR) is 82.5 cm³/mol. The first-order valence-corrected chi connectivity index (χ1v) is 7.59. The van der Waals surface area contributed by atoms with Gasteiger partial charge in [0.25, 0.3) is 0 Å². The first-order chi connectivity index (χ1) is 10.7. The van der Waals surface area contributed by atoms with Crippen LogP contribution in [0.5, 0.6) is 0 Å². The lowest BCUT2D eigenvalue weighted by molar-refractivity contribution is -0.135. The van der Waals surface area contributed by atoms with Gasteiger partial charge in [-0.15, -0.1) is 0 Å². The smallest absolute Gasteiger partial charge is 0.241 e. The largest absolute Gasteiger partial charge is 0.322 e. The molecule has 1 amide bonds. The van der Waals surface area contributed by atoms with Gasteiger partial charge in [-0.1, -0.05) is 26.0 Å². The molecule has 4 nitrogen and oxygen atoms in total. The zero-order chi connectivity index (χ0) is 17.2. The summed E-state index contributed by atoms with van der Waals surface area (Å²) in [5.41, 5.74) is 6.37. The monoisotopic (exact) mass is 321 g/mol. The average molecular weight is 321 g/mol. The molecular weight excluding hydrogens is 300 g/mol. The zero-order valence-electron chi connectivity index (χ0n) is 13.3. The van der Waals surface area contributed by atoms with Crippen molar-refractivity contribution in [2.24, 2.45) is 11.1 Å². The van der Waals surface area contributed by atoms with Gasteiger partial charge in [0.2, 0.25) is 5.91 Å². The number of halogens is 2. The molecule has 23 heavy (non-hydrogen) atoms. The predicted octanol–water partition coefficient (Wildman–Crippen LogP) is 2.18. The molecular formula is C17H21F2N3O. The normalized spacial score (nSPS) is 22.7. The molecule has 1 aromatic carbocycles. The number of rotatable bonds is 4. The summed E-state index contributed by atoms with van der Waals surface area (Å²) in [5, 5.41) is 9.06. The fourth-order valence-corrected chi connectivity index (χ4v) is 2.90. The van der Waals surface area contributed by atoms with Crippen LogP contribution >= 0.6 is 0 Å². The molecule has 1 saturated heterocycles. The zero-order valence-corrected chi connectivity index (χ0v) is 13.3. The van der Waals surface area contributed by atoms with Crippen molar-refractivity contribution < 1.29 is 13.6 Å². The summed E-state index contributed by atoms with van der Waals surface area (Å²) in [7, 11) is 0. The Bertz CT molecular complexity index is 609. The summed E-state index contributed by atoms with van der Waals surface area (Å²) in [6.07, 6.45) is -0.673. The summed E-state index contributed by atoms with van der Waals surface area (Å²) >= 11 is 0. The highest BCUT2D eigenvalue weighted by Gasteiger charge is 2.41. The van der Waals surface area contributed by atoms with E-state index in [4.69, 9.17) is 11.0 Å². The quantitative estimate of drug-likeness (QED) is 0.924. The van der Waals surface area contributed by atoms with E-state index in [1.165, 1.54) is 17.0 Å².